The molecule has 0 amide bonds. The van der Waals surface area contributed by atoms with Gasteiger partial charge in [0.15, 0.2) is 0 Å². The quantitative estimate of drug-likeness (QED) is 0.774. The van der Waals surface area contributed by atoms with Gasteiger partial charge in [0.05, 0.1) is 18.2 Å². The van der Waals surface area contributed by atoms with E-state index in [-0.39, 0.29) is 6.61 Å². The van der Waals surface area contributed by atoms with Gasteiger partial charge in [-0.15, -0.1) is 11.3 Å². The Kier molecular flexibility index (Phi) is 2.24. The smallest absolute Gasteiger partial charge is 0.0998 e. The average molecular weight is 203 g/mol. The first-order valence-corrected chi connectivity index (χ1v) is 5.16. The molecule has 3 heteroatoms. The van der Waals surface area contributed by atoms with Crippen LogP contribution >= 0.6 is 11.3 Å². The van der Waals surface area contributed by atoms with Crippen molar-refractivity contribution in [2.45, 2.75) is 13.5 Å². The number of aryl methyl sites for hydroxylation is 1. The minimum absolute atomic E-state index is 0.00224. The van der Waals surface area contributed by atoms with Crippen LogP contribution in [0.15, 0.2) is 17.5 Å². The highest BCUT2D eigenvalue weighted by atomic mass is 32.1. The Bertz CT molecular complexity index is 522. The summed E-state index contributed by atoms with van der Waals surface area (Å²) in [6.45, 7) is 1.97. The molecule has 1 aromatic carbocycles. The fourth-order valence-electron chi connectivity index (χ4n) is 1.58. The van der Waals surface area contributed by atoms with Crippen LogP contribution in [0, 0.1) is 18.3 Å². The minimum atomic E-state index is -0.00224. The molecular formula is C11H9NOS. The summed E-state index contributed by atoms with van der Waals surface area (Å²) in [6, 6.07) is 6.06. The lowest BCUT2D eigenvalue weighted by atomic mass is 10.1. The Morgan fingerprint density at radius 2 is 2.29 bits per heavy atom. The van der Waals surface area contributed by atoms with Crippen LogP contribution in [0.2, 0.25) is 0 Å². The SMILES string of the molecule is Cc1cc(C#N)c2c(CO)csc2c1. The monoisotopic (exact) mass is 203 g/mol. The van der Waals surface area contributed by atoms with Crippen molar-refractivity contribution in [3.8, 4) is 6.07 Å². The first kappa shape index (κ1) is 9.20. The van der Waals surface area contributed by atoms with Crippen LogP contribution in [-0.2, 0) is 6.61 Å². The second-order valence-corrected chi connectivity index (χ2v) is 4.13. The highest BCUT2D eigenvalue weighted by Gasteiger charge is 2.08. The van der Waals surface area contributed by atoms with Gasteiger partial charge in [-0.05, 0) is 35.6 Å². The van der Waals surface area contributed by atoms with E-state index in [1.807, 2.05) is 24.4 Å². The molecule has 1 N–H and O–H groups in total. The summed E-state index contributed by atoms with van der Waals surface area (Å²) in [6.07, 6.45) is 0. The van der Waals surface area contributed by atoms with Gasteiger partial charge in [-0.3, -0.25) is 0 Å². The third-order valence-electron chi connectivity index (χ3n) is 2.19. The van der Waals surface area contributed by atoms with E-state index in [4.69, 9.17) is 10.4 Å². The summed E-state index contributed by atoms with van der Waals surface area (Å²) in [4.78, 5) is 0. The Hall–Kier alpha value is -1.37. The maximum absolute atomic E-state index is 9.11. The highest BCUT2D eigenvalue weighted by molar-refractivity contribution is 7.17. The van der Waals surface area contributed by atoms with Crippen molar-refractivity contribution in [3.05, 3.63) is 34.2 Å². The van der Waals surface area contributed by atoms with Crippen LogP contribution in [0.1, 0.15) is 16.7 Å². The molecule has 1 heterocycles. The van der Waals surface area contributed by atoms with Gasteiger partial charge in [-0.25, -0.2) is 0 Å². The Labute approximate surface area is 86.0 Å². The molecule has 0 aliphatic rings. The zero-order chi connectivity index (χ0) is 10.1. The van der Waals surface area contributed by atoms with Gasteiger partial charge >= 0.3 is 0 Å². The summed E-state index contributed by atoms with van der Waals surface area (Å²) in [7, 11) is 0. The highest BCUT2D eigenvalue weighted by Crippen LogP contribution is 2.30. The number of hydrogen-bond acceptors (Lipinski definition) is 3. The van der Waals surface area contributed by atoms with Crippen LogP contribution in [0.25, 0.3) is 10.1 Å². The zero-order valence-corrected chi connectivity index (χ0v) is 8.56. The molecule has 0 atom stereocenters. The van der Waals surface area contributed by atoms with Gasteiger partial charge in [-0.2, -0.15) is 5.26 Å². The molecule has 2 rings (SSSR count). The fraction of sp³-hybridized carbons (Fsp3) is 0.182. The van der Waals surface area contributed by atoms with Crippen molar-refractivity contribution < 1.29 is 5.11 Å². The second-order valence-electron chi connectivity index (χ2n) is 3.22. The predicted molar refractivity (Wildman–Crippen MR) is 57.2 cm³/mol. The summed E-state index contributed by atoms with van der Waals surface area (Å²) >= 11 is 1.57. The van der Waals surface area contributed by atoms with Crippen molar-refractivity contribution in [2.24, 2.45) is 0 Å². The van der Waals surface area contributed by atoms with E-state index in [2.05, 4.69) is 6.07 Å². The van der Waals surface area contributed by atoms with E-state index in [1.165, 1.54) is 0 Å². The maximum atomic E-state index is 9.11. The first-order valence-electron chi connectivity index (χ1n) is 4.28. The van der Waals surface area contributed by atoms with Gasteiger partial charge in [0.25, 0.3) is 0 Å². The summed E-state index contributed by atoms with van der Waals surface area (Å²) in [5, 5.41) is 20.9. The summed E-state index contributed by atoms with van der Waals surface area (Å²) < 4.78 is 1.07. The number of fused-ring (bicyclic) bond motifs is 1. The number of aliphatic hydroxyl groups is 1. The number of rotatable bonds is 1. The third kappa shape index (κ3) is 1.29. The van der Waals surface area contributed by atoms with Gasteiger partial charge in [0, 0.05) is 10.1 Å². The third-order valence-corrected chi connectivity index (χ3v) is 3.16. The van der Waals surface area contributed by atoms with Crippen LogP contribution in [0.5, 0.6) is 0 Å². The molecular weight excluding hydrogens is 194 g/mol. The summed E-state index contributed by atoms with van der Waals surface area (Å²) in [5.74, 6) is 0. The van der Waals surface area contributed by atoms with E-state index in [9.17, 15) is 0 Å². The van der Waals surface area contributed by atoms with Gasteiger partial charge < -0.3 is 5.11 Å². The number of nitrogens with zero attached hydrogens (tertiary/aromatic N) is 1. The lowest BCUT2D eigenvalue weighted by Crippen LogP contribution is -1.84. The van der Waals surface area contributed by atoms with E-state index in [0.717, 1.165) is 21.2 Å². The normalized spacial score (nSPS) is 10.4. The molecule has 0 bridgehead atoms. The number of nitriles is 1. The predicted octanol–water partition coefficient (Wildman–Crippen LogP) is 2.57. The molecule has 0 radical (unpaired) electrons. The Balaban J connectivity index is 2.87. The van der Waals surface area contributed by atoms with Gasteiger partial charge in [-0.1, -0.05) is 0 Å². The van der Waals surface area contributed by atoms with Crippen molar-refractivity contribution in [1.82, 2.24) is 0 Å². The molecule has 0 fully saturated rings. The maximum Gasteiger partial charge on any atom is 0.0998 e. The van der Waals surface area contributed by atoms with Crippen molar-refractivity contribution in [1.29, 1.82) is 5.26 Å². The molecule has 2 nitrogen and oxygen atoms in total. The molecule has 14 heavy (non-hydrogen) atoms. The van der Waals surface area contributed by atoms with Crippen molar-refractivity contribution in [2.75, 3.05) is 0 Å². The van der Waals surface area contributed by atoms with Gasteiger partial charge in [0.1, 0.15) is 0 Å². The molecule has 0 unspecified atom stereocenters. The number of hydrogen-bond donors (Lipinski definition) is 1. The number of benzene rings is 1. The molecule has 0 spiro atoms. The standard InChI is InChI=1S/C11H9NOS/c1-7-2-8(4-12)11-9(5-13)6-14-10(11)3-7/h2-3,6,13H,5H2,1H3. The first-order chi connectivity index (χ1) is 6.76. The summed E-state index contributed by atoms with van der Waals surface area (Å²) in [5.41, 5.74) is 2.59. The molecule has 0 aliphatic heterocycles. The Morgan fingerprint density at radius 1 is 1.50 bits per heavy atom. The van der Waals surface area contributed by atoms with Gasteiger partial charge in [0.2, 0.25) is 0 Å². The molecule has 0 saturated carbocycles. The van der Waals surface area contributed by atoms with Crippen LogP contribution < -0.4 is 0 Å². The molecule has 70 valence electrons. The zero-order valence-electron chi connectivity index (χ0n) is 7.74. The number of aliphatic hydroxyl groups excluding tert-OH is 1. The minimum Gasteiger partial charge on any atom is -0.392 e. The van der Waals surface area contributed by atoms with Crippen LogP contribution in [-0.4, -0.2) is 5.11 Å². The Morgan fingerprint density at radius 3 is 2.93 bits per heavy atom. The lowest BCUT2D eigenvalue weighted by molar-refractivity contribution is 0.284. The van der Waals surface area contributed by atoms with E-state index >= 15 is 0 Å². The van der Waals surface area contributed by atoms with Crippen LogP contribution in [0.4, 0.5) is 0 Å². The van der Waals surface area contributed by atoms with Crippen molar-refractivity contribution >= 4 is 21.4 Å². The second kappa shape index (κ2) is 3.41. The molecule has 0 aliphatic carbocycles. The number of thiophene rings is 1. The average Bonchev–Trinajstić information content (AvgIpc) is 2.59. The van der Waals surface area contributed by atoms with Crippen LogP contribution in [0.3, 0.4) is 0 Å². The molecule has 2 aromatic rings. The fourth-order valence-corrected chi connectivity index (χ4v) is 2.65. The van der Waals surface area contributed by atoms with E-state index in [1.54, 1.807) is 11.3 Å². The molecule has 0 saturated heterocycles. The van der Waals surface area contributed by atoms with Crippen molar-refractivity contribution in [3.63, 3.8) is 0 Å². The molecule has 1 aromatic heterocycles. The van der Waals surface area contributed by atoms with E-state index in [0.29, 0.717) is 5.56 Å². The topological polar surface area (TPSA) is 44.0 Å². The lowest BCUT2D eigenvalue weighted by Gasteiger charge is -1.99. The van der Waals surface area contributed by atoms with E-state index < -0.39 is 0 Å². The largest absolute Gasteiger partial charge is 0.392 e.